The summed E-state index contributed by atoms with van der Waals surface area (Å²) in [6.07, 6.45) is 0. The molecule has 1 amide bonds. The van der Waals surface area contributed by atoms with Gasteiger partial charge >= 0.3 is 0 Å². The summed E-state index contributed by atoms with van der Waals surface area (Å²) in [5, 5.41) is 2.60. The summed E-state index contributed by atoms with van der Waals surface area (Å²) in [6.45, 7) is 0.654. The second-order valence-electron chi connectivity index (χ2n) is 4.19. The third kappa shape index (κ3) is 3.47. The van der Waals surface area contributed by atoms with E-state index in [9.17, 15) is 13.2 Å². The second kappa shape index (κ2) is 6.69. The van der Waals surface area contributed by atoms with Crippen molar-refractivity contribution in [2.75, 3.05) is 34.3 Å². The minimum Gasteiger partial charge on any atom is -0.496 e. The molecule has 20 heavy (non-hydrogen) atoms. The van der Waals surface area contributed by atoms with Crippen molar-refractivity contribution in [1.82, 2.24) is 9.62 Å². The first-order valence-electron chi connectivity index (χ1n) is 5.93. The van der Waals surface area contributed by atoms with E-state index in [2.05, 4.69) is 5.32 Å². The van der Waals surface area contributed by atoms with Crippen LogP contribution in [-0.2, 0) is 10.0 Å². The van der Waals surface area contributed by atoms with Crippen molar-refractivity contribution >= 4 is 15.9 Å². The van der Waals surface area contributed by atoms with E-state index in [1.54, 1.807) is 0 Å². The number of nitrogens with two attached hydrogens (primary N) is 1. The van der Waals surface area contributed by atoms with Crippen molar-refractivity contribution in [2.24, 2.45) is 5.73 Å². The van der Waals surface area contributed by atoms with Crippen LogP contribution in [0.15, 0.2) is 23.1 Å². The Morgan fingerprint density at radius 3 is 2.55 bits per heavy atom. The Bertz CT molecular complexity index is 584. The molecule has 1 rings (SSSR count). The predicted molar refractivity (Wildman–Crippen MR) is 75.3 cm³/mol. The first-order chi connectivity index (χ1) is 9.34. The number of hydrogen-bond donors (Lipinski definition) is 2. The highest BCUT2D eigenvalue weighted by atomic mass is 32.2. The lowest BCUT2D eigenvalue weighted by molar-refractivity contribution is 0.0951. The number of nitrogens with one attached hydrogen (secondary N) is 1. The summed E-state index contributed by atoms with van der Waals surface area (Å²) in [7, 11) is 0.677. The molecular weight excluding hydrogens is 282 g/mol. The van der Waals surface area contributed by atoms with Gasteiger partial charge in [0.25, 0.3) is 5.91 Å². The third-order valence-corrected chi connectivity index (χ3v) is 4.44. The number of carbonyl (C=O) groups is 1. The quantitative estimate of drug-likeness (QED) is 0.746. The summed E-state index contributed by atoms with van der Waals surface area (Å²) < 4.78 is 30.2. The molecule has 1 aromatic carbocycles. The van der Waals surface area contributed by atoms with Crippen molar-refractivity contribution in [3.8, 4) is 5.75 Å². The molecule has 0 heterocycles. The van der Waals surface area contributed by atoms with Crippen molar-refractivity contribution in [3.63, 3.8) is 0 Å². The summed E-state index contributed by atoms with van der Waals surface area (Å²) in [5.74, 6) is -0.163. The van der Waals surface area contributed by atoms with Crippen LogP contribution in [-0.4, -0.2) is 52.9 Å². The molecule has 0 aromatic heterocycles. The number of hydrogen-bond acceptors (Lipinski definition) is 5. The molecule has 0 spiro atoms. The topological polar surface area (TPSA) is 102 Å². The van der Waals surface area contributed by atoms with E-state index in [0.717, 1.165) is 4.31 Å². The lowest BCUT2D eigenvalue weighted by atomic mass is 10.2. The predicted octanol–water partition coefficient (Wildman–Crippen LogP) is -0.366. The Kier molecular flexibility index (Phi) is 5.49. The molecule has 0 unspecified atom stereocenters. The van der Waals surface area contributed by atoms with Crippen LogP contribution in [0.1, 0.15) is 10.4 Å². The Hall–Kier alpha value is -1.64. The first kappa shape index (κ1) is 16.4. The molecule has 0 aliphatic rings. The van der Waals surface area contributed by atoms with Crippen molar-refractivity contribution in [1.29, 1.82) is 0 Å². The fourth-order valence-electron chi connectivity index (χ4n) is 1.51. The summed E-state index contributed by atoms with van der Waals surface area (Å²) >= 11 is 0. The fourth-order valence-corrected chi connectivity index (χ4v) is 2.43. The molecule has 0 aliphatic heterocycles. The molecule has 0 bridgehead atoms. The molecule has 3 N–H and O–H groups in total. The highest BCUT2D eigenvalue weighted by Gasteiger charge is 2.20. The third-order valence-electron chi connectivity index (χ3n) is 2.63. The minimum absolute atomic E-state index is 0.0646. The SMILES string of the molecule is COc1cc(S(=O)(=O)N(C)C)ccc1C(=O)NCCN. The lowest BCUT2D eigenvalue weighted by Crippen LogP contribution is -2.29. The Labute approximate surface area is 118 Å². The van der Waals surface area contributed by atoms with Gasteiger partial charge in [0.2, 0.25) is 10.0 Å². The molecule has 0 atom stereocenters. The molecule has 0 saturated heterocycles. The molecule has 1 aromatic rings. The molecule has 0 aliphatic carbocycles. The van der Waals surface area contributed by atoms with Crippen LogP contribution >= 0.6 is 0 Å². The molecular formula is C12H19N3O4S. The number of rotatable bonds is 6. The van der Waals surface area contributed by atoms with Gasteiger partial charge in [0.15, 0.2) is 0 Å². The number of ether oxygens (including phenoxy) is 1. The highest BCUT2D eigenvalue weighted by Crippen LogP contribution is 2.24. The van der Waals surface area contributed by atoms with Gasteiger partial charge in [-0.1, -0.05) is 0 Å². The van der Waals surface area contributed by atoms with Crippen LogP contribution in [0.5, 0.6) is 5.75 Å². The molecule has 0 radical (unpaired) electrons. The van der Waals surface area contributed by atoms with Crippen LogP contribution in [0.3, 0.4) is 0 Å². The first-order valence-corrected chi connectivity index (χ1v) is 7.37. The number of nitrogens with zero attached hydrogens (tertiary/aromatic N) is 1. The lowest BCUT2D eigenvalue weighted by Gasteiger charge is -2.14. The van der Waals surface area contributed by atoms with Gasteiger partial charge in [-0.2, -0.15) is 0 Å². The van der Waals surface area contributed by atoms with Crippen LogP contribution in [0.25, 0.3) is 0 Å². The van der Waals surface area contributed by atoms with Gasteiger partial charge in [0, 0.05) is 33.3 Å². The van der Waals surface area contributed by atoms with E-state index >= 15 is 0 Å². The summed E-state index contributed by atoms with van der Waals surface area (Å²) in [4.78, 5) is 11.9. The van der Waals surface area contributed by atoms with Gasteiger partial charge in [-0.15, -0.1) is 0 Å². The maximum Gasteiger partial charge on any atom is 0.255 e. The van der Waals surface area contributed by atoms with E-state index in [4.69, 9.17) is 10.5 Å². The molecule has 112 valence electrons. The molecule has 8 heteroatoms. The normalized spacial score (nSPS) is 11.4. The number of carbonyl (C=O) groups excluding carboxylic acids is 1. The maximum absolute atomic E-state index is 12.0. The van der Waals surface area contributed by atoms with Crippen molar-refractivity contribution in [3.05, 3.63) is 23.8 Å². The van der Waals surface area contributed by atoms with Crippen LogP contribution in [0.2, 0.25) is 0 Å². The summed E-state index contributed by atoms with van der Waals surface area (Å²) in [6, 6.07) is 4.11. The van der Waals surface area contributed by atoms with Crippen molar-refractivity contribution in [2.45, 2.75) is 4.90 Å². The highest BCUT2D eigenvalue weighted by molar-refractivity contribution is 7.89. The van der Waals surface area contributed by atoms with E-state index in [1.165, 1.54) is 39.4 Å². The zero-order chi connectivity index (χ0) is 15.3. The zero-order valence-electron chi connectivity index (χ0n) is 11.7. The number of benzene rings is 1. The van der Waals surface area contributed by atoms with Crippen LogP contribution in [0, 0.1) is 0 Å². The number of amides is 1. The molecule has 0 saturated carbocycles. The monoisotopic (exact) mass is 301 g/mol. The molecule has 7 nitrogen and oxygen atoms in total. The van der Waals surface area contributed by atoms with Gasteiger partial charge in [0.1, 0.15) is 5.75 Å². The Morgan fingerprint density at radius 2 is 2.05 bits per heavy atom. The fraction of sp³-hybridized carbons (Fsp3) is 0.417. The average Bonchev–Trinajstić information content (AvgIpc) is 2.43. The van der Waals surface area contributed by atoms with Gasteiger partial charge in [-0.3, -0.25) is 4.79 Å². The van der Waals surface area contributed by atoms with Gasteiger partial charge in [-0.25, -0.2) is 12.7 Å². The Balaban J connectivity index is 3.18. The second-order valence-corrected chi connectivity index (χ2v) is 6.35. The van der Waals surface area contributed by atoms with Crippen molar-refractivity contribution < 1.29 is 17.9 Å². The summed E-state index contributed by atoms with van der Waals surface area (Å²) in [5.41, 5.74) is 5.57. The maximum atomic E-state index is 12.0. The van der Waals surface area contributed by atoms with Gasteiger partial charge in [-0.05, 0) is 12.1 Å². The smallest absolute Gasteiger partial charge is 0.255 e. The van der Waals surface area contributed by atoms with E-state index in [1.807, 2.05) is 0 Å². The van der Waals surface area contributed by atoms with Gasteiger partial charge < -0.3 is 15.8 Å². The average molecular weight is 301 g/mol. The largest absolute Gasteiger partial charge is 0.496 e. The van der Waals surface area contributed by atoms with E-state index < -0.39 is 10.0 Å². The van der Waals surface area contributed by atoms with E-state index in [-0.39, 0.29) is 22.1 Å². The number of methoxy groups -OCH3 is 1. The van der Waals surface area contributed by atoms with E-state index in [0.29, 0.717) is 13.1 Å². The van der Waals surface area contributed by atoms with Crippen LogP contribution < -0.4 is 15.8 Å². The standard InChI is InChI=1S/C12H19N3O4S/c1-15(2)20(17,18)9-4-5-10(11(8-9)19-3)12(16)14-7-6-13/h4-5,8H,6-7,13H2,1-3H3,(H,14,16). The molecule has 0 fully saturated rings. The minimum atomic E-state index is -3.57. The van der Waals surface area contributed by atoms with Crippen LogP contribution in [0.4, 0.5) is 0 Å². The van der Waals surface area contributed by atoms with Gasteiger partial charge in [0.05, 0.1) is 17.6 Å². The number of sulfonamides is 1. The zero-order valence-corrected chi connectivity index (χ0v) is 12.5. The Morgan fingerprint density at radius 1 is 1.40 bits per heavy atom.